The van der Waals surface area contributed by atoms with Crippen molar-refractivity contribution < 1.29 is 4.74 Å². The van der Waals surface area contributed by atoms with Crippen molar-refractivity contribution in [1.29, 1.82) is 0 Å². The van der Waals surface area contributed by atoms with Crippen molar-refractivity contribution in [1.82, 2.24) is 15.0 Å². The van der Waals surface area contributed by atoms with E-state index >= 15 is 0 Å². The Bertz CT molecular complexity index is 453. The lowest BCUT2D eigenvalue weighted by Crippen LogP contribution is -2.47. The third-order valence-electron chi connectivity index (χ3n) is 4.86. The summed E-state index contributed by atoms with van der Waals surface area (Å²) in [6.07, 6.45) is 5.70. The van der Waals surface area contributed by atoms with E-state index in [0.29, 0.717) is 5.41 Å². The van der Waals surface area contributed by atoms with Crippen LogP contribution in [0.4, 0.5) is 0 Å². The topological polar surface area (TPSA) is 39.9 Å². The summed E-state index contributed by atoms with van der Waals surface area (Å²) in [5, 5.41) is 8.11. The van der Waals surface area contributed by atoms with Crippen LogP contribution < -0.4 is 0 Å². The molecule has 0 aliphatic rings. The summed E-state index contributed by atoms with van der Waals surface area (Å²) in [6.45, 7) is 20.9. The quantitative estimate of drug-likeness (QED) is 0.735. The van der Waals surface area contributed by atoms with Crippen LogP contribution in [0.3, 0.4) is 0 Å². The fraction of sp³-hybridized carbons (Fsp3) is 0.889. The summed E-state index contributed by atoms with van der Waals surface area (Å²) in [6, 6.07) is 0. The normalized spacial score (nSPS) is 14.4. The molecule has 4 heteroatoms. The van der Waals surface area contributed by atoms with Crippen LogP contribution in [0.5, 0.6) is 0 Å². The van der Waals surface area contributed by atoms with Gasteiger partial charge in [0.1, 0.15) is 0 Å². The molecule has 1 aromatic rings. The molecular formula is C18H35N3O. The van der Waals surface area contributed by atoms with Crippen molar-refractivity contribution in [2.24, 2.45) is 10.8 Å². The lowest BCUT2D eigenvalue weighted by molar-refractivity contribution is -0.116. The first-order valence-corrected chi connectivity index (χ1v) is 8.28. The second-order valence-electron chi connectivity index (χ2n) is 9.39. The molecule has 0 fully saturated rings. The van der Waals surface area contributed by atoms with Crippen LogP contribution in [0, 0.1) is 10.8 Å². The van der Waals surface area contributed by atoms with E-state index in [1.165, 1.54) is 0 Å². The van der Waals surface area contributed by atoms with Gasteiger partial charge in [0.05, 0.1) is 17.3 Å². The van der Waals surface area contributed by atoms with Gasteiger partial charge in [-0.3, -0.25) is 0 Å². The second-order valence-corrected chi connectivity index (χ2v) is 9.39. The molecule has 0 aromatic carbocycles. The first kappa shape index (κ1) is 19.1. The molecule has 22 heavy (non-hydrogen) atoms. The summed E-state index contributed by atoms with van der Waals surface area (Å²) in [4.78, 5) is 0. The van der Waals surface area contributed by atoms with Crippen LogP contribution in [0.25, 0.3) is 0 Å². The van der Waals surface area contributed by atoms with Crippen molar-refractivity contribution in [3.8, 4) is 0 Å². The fourth-order valence-corrected chi connectivity index (χ4v) is 2.71. The van der Waals surface area contributed by atoms with Crippen LogP contribution in [-0.4, -0.2) is 27.2 Å². The van der Waals surface area contributed by atoms with Gasteiger partial charge in [-0.25, -0.2) is 4.68 Å². The Morgan fingerprint density at radius 3 is 2.00 bits per heavy atom. The van der Waals surface area contributed by atoms with Gasteiger partial charge >= 0.3 is 0 Å². The van der Waals surface area contributed by atoms with E-state index in [4.69, 9.17) is 4.74 Å². The van der Waals surface area contributed by atoms with E-state index in [0.717, 1.165) is 19.4 Å². The number of ether oxygens (including phenoxy) is 1. The Labute approximate surface area is 136 Å². The number of nitrogens with zero attached hydrogens (tertiary/aromatic N) is 3. The zero-order chi connectivity index (χ0) is 17.2. The lowest BCUT2D eigenvalue weighted by Gasteiger charge is -2.45. The molecule has 0 unspecified atom stereocenters. The maximum atomic E-state index is 6.29. The predicted octanol–water partition coefficient (Wildman–Crippen LogP) is 4.66. The highest BCUT2D eigenvalue weighted by Gasteiger charge is 2.42. The summed E-state index contributed by atoms with van der Waals surface area (Å²) in [7, 11) is 0. The number of aromatic nitrogens is 3. The molecule has 0 N–H and O–H groups in total. The molecule has 0 radical (unpaired) electrons. The standard InChI is InChI=1S/C18H35N3O/c1-15(2,3)10-13-22-18(8,9)16(4,5)14-17(6,7)21-12-11-19-20-21/h11-12H,10,13-14H2,1-9H3. The average molecular weight is 309 g/mol. The van der Waals surface area contributed by atoms with E-state index in [9.17, 15) is 0 Å². The van der Waals surface area contributed by atoms with Crippen molar-refractivity contribution in [3.05, 3.63) is 12.4 Å². The zero-order valence-electron chi connectivity index (χ0n) is 16.0. The minimum atomic E-state index is -0.198. The molecule has 0 saturated carbocycles. The largest absolute Gasteiger partial charge is 0.375 e. The molecule has 1 aromatic heterocycles. The summed E-state index contributed by atoms with van der Waals surface area (Å²) in [5.41, 5.74) is 0.0291. The van der Waals surface area contributed by atoms with Crippen molar-refractivity contribution in [3.63, 3.8) is 0 Å². The highest BCUT2D eigenvalue weighted by Crippen LogP contribution is 2.42. The molecule has 1 rings (SSSR count). The SMILES string of the molecule is CC(C)(C)CCOC(C)(C)C(C)(C)CC(C)(C)n1ccnn1. The minimum Gasteiger partial charge on any atom is -0.375 e. The Morgan fingerprint density at radius 1 is 0.955 bits per heavy atom. The van der Waals surface area contributed by atoms with E-state index in [1.807, 2.05) is 10.9 Å². The van der Waals surface area contributed by atoms with Crippen LogP contribution >= 0.6 is 0 Å². The van der Waals surface area contributed by atoms with E-state index < -0.39 is 0 Å². The van der Waals surface area contributed by atoms with Crippen molar-refractivity contribution in [2.45, 2.75) is 86.3 Å². The third-order valence-corrected chi connectivity index (χ3v) is 4.86. The number of hydrogen-bond donors (Lipinski definition) is 0. The monoisotopic (exact) mass is 309 g/mol. The minimum absolute atomic E-state index is 0.0142. The average Bonchev–Trinajstić information content (AvgIpc) is 2.78. The van der Waals surface area contributed by atoms with Gasteiger partial charge in [-0.2, -0.15) is 0 Å². The van der Waals surface area contributed by atoms with Crippen LogP contribution in [0.2, 0.25) is 0 Å². The maximum absolute atomic E-state index is 6.29. The predicted molar refractivity (Wildman–Crippen MR) is 91.8 cm³/mol. The van der Waals surface area contributed by atoms with E-state index in [1.54, 1.807) is 6.20 Å². The summed E-state index contributed by atoms with van der Waals surface area (Å²) in [5.74, 6) is 0. The Kier molecular flexibility index (Phi) is 5.49. The van der Waals surface area contributed by atoms with Gasteiger partial charge in [-0.05, 0) is 51.4 Å². The molecule has 0 amide bonds. The van der Waals surface area contributed by atoms with Gasteiger partial charge in [0.25, 0.3) is 0 Å². The summed E-state index contributed by atoms with van der Waals surface area (Å²) >= 11 is 0. The Balaban J connectivity index is 2.74. The van der Waals surface area contributed by atoms with E-state index in [-0.39, 0.29) is 16.6 Å². The zero-order valence-corrected chi connectivity index (χ0v) is 16.0. The molecule has 0 bridgehead atoms. The van der Waals surface area contributed by atoms with Gasteiger partial charge in [-0.1, -0.05) is 39.8 Å². The molecule has 4 nitrogen and oxygen atoms in total. The Hall–Kier alpha value is -0.900. The van der Waals surface area contributed by atoms with Gasteiger partial charge in [0.15, 0.2) is 0 Å². The third kappa shape index (κ3) is 5.08. The van der Waals surface area contributed by atoms with Crippen LogP contribution in [0.1, 0.15) is 75.2 Å². The molecule has 1 heterocycles. The van der Waals surface area contributed by atoms with Gasteiger partial charge in [-0.15, -0.1) is 5.10 Å². The smallest absolute Gasteiger partial charge is 0.0693 e. The number of rotatable bonds is 7. The van der Waals surface area contributed by atoms with E-state index in [2.05, 4.69) is 72.6 Å². The first-order chi connectivity index (χ1) is 9.77. The molecule has 0 spiro atoms. The number of hydrogen-bond acceptors (Lipinski definition) is 3. The highest BCUT2D eigenvalue weighted by atomic mass is 16.5. The second kappa shape index (κ2) is 6.31. The molecular weight excluding hydrogens is 274 g/mol. The molecule has 0 aliphatic heterocycles. The molecule has 128 valence electrons. The van der Waals surface area contributed by atoms with Crippen LogP contribution in [-0.2, 0) is 10.3 Å². The molecule has 0 saturated heterocycles. The van der Waals surface area contributed by atoms with Crippen molar-refractivity contribution in [2.75, 3.05) is 6.61 Å². The maximum Gasteiger partial charge on any atom is 0.0693 e. The Morgan fingerprint density at radius 2 is 1.55 bits per heavy atom. The van der Waals surface area contributed by atoms with Crippen molar-refractivity contribution >= 4 is 0 Å². The van der Waals surface area contributed by atoms with Gasteiger partial charge in [0.2, 0.25) is 0 Å². The van der Waals surface area contributed by atoms with Gasteiger partial charge < -0.3 is 4.74 Å². The lowest BCUT2D eigenvalue weighted by atomic mass is 9.69. The first-order valence-electron chi connectivity index (χ1n) is 8.28. The summed E-state index contributed by atoms with van der Waals surface area (Å²) < 4.78 is 8.23. The van der Waals surface area contributed by atoms with Gasteiger partial charge in [0, 0.05) is 12.8 Å². The van der Waals surface area contributed by atoms with Crippen LogP contribution in [0.15, 0.2) is 12.4 Å². The highest BCUT2D eigenvalue weighted by molar-refractivity contribution is 4.94. The fourth-order valence-electron chi connectivity index (χ4n) is 2.71. The molecule has 0 atom stereocenters. The molecule has 0 aliphatic carbocycles.